The summed E-state index contributed by atoms with van der Waals surface area (Å²) in [5, 5.41) is 6.07. The summed E-state index contributed by atoms with van der Waals surface area (Å²) in [5.41, 5.74) is 3.80. The molecule has 28 heavy (non-hydrogen) atoms. The topological polar surface area (TPSA) is 61.4 Å². The minimum absolute atomic E-state index is 0.0262. The van der Waals surface area contributed by atoms with E-state index in [0.29, 0.717) is 6.54 Å². The summed E-state index contributed by atoms with van der Waals surface area (Å²) in [6, 6.07) is 15.2. The minimum atomic E-state index is -0.286. The average Bonchev–Trinajstić information content (AvgIpc) is 2.71. The summed E-state index contributed by atoms with van der Waals surface area (Å²) < 4.78 is 0. The van der Waals surface area contributed by atoms with Gasteiger partial charge in [-0.2, -0.15) is 0 Å². The van der Waals surface area contributed by atoms with Crippen molar-refractivity contribution < 1.29 is 9.59 Å². The Kier molecular flexibility index (Phi) is 6.47. The number of amides is 2. The molecule has 2 aromatic rings. The van der Waals surface area contributed by atoms with Crippen molar-refractivity contribution >= 4 is 23.2 Å². The number of rotatable bonds is 5. The molecule has 1 fully saturated rings. The predicted octanol–water partition coefficient (Wildman–Crippen LogP) is 3.98. The number of carbonyl (C=O) groups is 2. The first-order valence-corrected chi connectivity index (χ1v) is 9.92. The third-order valence-corrected chi connectivity index (χ3v) is 5.52. The molecule has 3 rings (SSSR count). The summed E-state index contributed by atoms with van der Waals surface area (Å²) in [6.45, 7) is 7.34. The van der Waals surface area contributed by atoms with Crippen molar-refractivity contribution in [3.05, 3.63) is 59.7 Å². The van der Waals surface area contributed by atoms with Crippen LogP contribution >= 0.6 is 0 Å². The molecule has 1 saturated heterocycles. The van der Waals surface area contributed by atoms with Crippen molar-refractivity contribution in [2.24, 2.45) is 5.92 Å². The largest absolute Gasteiger partial charge is 0.326 e. The highest BCUT2D eigenvalue weighted by molar-refractivity contribution is 5.96. The van der Waals surface area contributed by atoms with E-state index in [1.54, 1.807) is 0 Å². The normalized spacial score (nSPS) is 18.3. The Hall–Kier alpha value is -2.66. The van der Waals surface area contributed by atoms with Crippen molar-refractivity contribution in [3.8, 4) is 0 Å². The molecule has 2 atom stereocenters. The number of nitrogens with one attached hydrogen (secondary N) is 2. The molecule has 5 nitrogen and oxygen atoms in total. The quantitative estimate of drug-likeness (QED) is 0.826. The molecule has 1 heterocycles. The van der Waals surface area contributed by atoms with Crippen LogP contribution in [0, 0.1) is 19.8 Å². The fourth-order valence-electron chi connectivity index (χ4n) is 3.74. The highest BCUT2D eigenvalue weighted by Gasteiger charge is 2.31. The lowest BCUT2D eigenvalue weighted by Crippen LogP contribution is -2.49. The molecule has 0 saturated carbocycles. The van der Waals surface area contributed by atoms with E-state index in [-0.39, 0.29) is 23.8 Å². The summed E-state index contributed by atoms with van der Waals surface area (Å²) in [5.74, 6) is -0.107. The van der Waals surface area contributed by atoms with Gasteiger partial charge in [-0.05, 0) is 63.4 Å². The van der Waals surface area contributed by atoms with Crippen LogP contribution < -0.4 is 10.6 Å². The van der Waals surface area contributed by atoms with Gasteiger partial charge in [0.25, 0.3) is 0 Å². The Labute approximate surface area is 167 Å². The van der Waals surface area contributed by atoms with Crippen molar-refractivity contribution in [3.63, 3.8) is 0 Å². The number of carbonyl (C=O) groups excluding carboxylic acids is 2. The van der Waals surface area contributed by atoms with Crippen molar-refractivity contribution in [1.29, 1.82) is 0 Å². The summed E-state index contributed by atoms with van der Waals surface area (Å²) in [7, 11) is 0. The summed E-state index contributed by atoms with van der Waals surface area (Å²) in [6.07, 6.45) is 1.76. The van der Waals surface area contributed by atoms with E-state index in [2.05, 4.69) is 15.5 Å². The van der Waals surface area contributed by atoms with Crippen LogP contribution in [0.4, 0.5) is 11.4 Å². The van der Waals surface area contributed by atoms with Crippen molar-refractivity contribution in [2.75, 3.05) is 23.7 Å². The third kappa shape index (κ3) is 4.78. The second-order valence-corrected chi connectivity index (χ2v) is 7.62. The minimum Gasteiger partial charge on any atom is -0.326 e. The average molecular weight is 380 g/mol. The zero-order chi connectivity index (χ0) is 20.1. The van der Waals surface area contributed by atoms with Crippen LogP contribution in [0.5, 0.6) is 0 Å². The molecule has 0 radical (unpaired) electrons. The first kappa shape index (κ1) is 20.1. The van der Waals surface area contributed by atoms with Crippen molar-refractivity contribution in [1.82, 2.24) is 4.90 Å². The number of anilines is 2. The van der Waals surface area contributed by atoms with Gasteiger partial charge >= 0.3 is 0 Å². The number of para-hydroxylation sites is 2. The summed E-state index contributed by atoms with van der Waals surface area (Å²) >= 11 is 0. The molecule has 148 valence electrons. The highest BCUT2D eigenvalue weighted by atomic mass is 16.2. The highest BCUT2D eigenvalue weighted by Crippen LogP contribution is 2.23. The third-order valence-electron chi connectivity index (χ3n) is 5.52. The molecule has 1 aliphatic heterocycles. The lowest BCUT2D eigenvalue weighted by molar-refractivity contribution is -0.125. The van der Waals surface area contributed by atoms with E-state index in [9.17, 15) is 9.59 Å². The van der Waals surface area contributed by atoms with E-state index in [0.717, 1.165) is 41.9 Å². The maximum absolute atomic E-state index is 12.8. The van der Waals surface area contributed by atoms with Gasteiger partial charge in [0.15, 0.2) is 0 Å². The van der Waals surface area contributed by atoms with Gasteiger partial charge in [0.05, 0.1) is 12.0 Å². The molecule has 0 bridgehead atoms. The SMILES string of the molecule is Cc1cccc(C)c1NC(=O)[C@@H](C)N1CCC[C@H](C(=O)Nc2ccccc2)C1. The molecule has 1 aliphatic rings. The van der Waals surface area contributed by atoms with Gasteiger partial charge in [-0.3, -0.25) is 14.5 Å². The maximum Gasteiger partial charge on any atom is 0.241 e. The number of piperidine rings is 1. The fourth-order valence-corrected chi connectivity index (χ4v) is 3.74. The Bertz CT molecular complexity index is 815. The van der Waals surface area contributed by atoms with Crippen LogP contribution in [-0.4, -0.2) is 35.8 Å². The van der Waals surface area contributed by atoms with Crippen LogP contribution in [0.2, 0.25) is 0 Å². The van der Waals surface area contributed by atoms with Gasteiger partial charge in [0.2, 0.25) is 11.8 Å². The second-order valence-electron chi connectivity index (χ2n) is 7.62. The van der Waals surface area contributed by atoms with Crippen LogP contribution in [0.25, 0.3) is 0 Å². The fraction of sp³-hybridized carbons (Fsp3) is 0.391. The maximum atomic E-state index is 12.8. The number of hydrogen-bond acceptors (Lipinski definition) is 3. The number of likely N-dealkylation sites (tertiary alicyclic amines) is 1. The monoisotopic (exact) mass is 379 g/mol. The summed E-state index contributed by atoms with van der Waals surface area (Å²) in [4.78, 5) is 27.6. The Morgan fingerprint density at radius 3 is 2.36 bits per heavy atom. The molecule has 2 N–H and O–H groups in total. The van der Waals surface area contributed by atoms with Crippen LogP contribution in [-0.2, 0) is 9.59 Å². The Morgan fingerprint density at radius 1 is 1.00 bits per heavy atom. The van der Waals surface area contributed by atoms with Gasteiger partial charge < -0.3 is 10.6 Å². The smallest absolute Gasteiger partial charge is 0.241 e. The lowest BCUT2D eigenvalue weighted by atomic mass is 9.95. The van der Waals surface area contributed by atoms with Crippen LogP contribution in [0.1, 0.15) is 30.9 Å². The standard InChI is InChI=1S/C23H29N3O2/c1-16-9-7-10-17(2)21(16)25-22(27)18(3)26-14-8-11-19(15-26)23(28)24-20-12-5-4-6-13-20/h4-7,9-10,12-13,18-19H,8,11,14-15H2,1-3H3,(H,24,28)(H,25,27)/t18-,19+/m1/s1. The van der Waals surface area contributed by atoms with E-state index >= 15 is 0 Å². The van der Waals surface area contributed by atoms with Gasteiger partial charge in [0, 0.05) is 17.9 Å². The van der Waals surface area contributed by atoms with E-state index in [1.807, 2.05) is 69.3 Å². The zero-order valence-electron chi connectivity index (χ0n) is 16.9. The Balaban J connectivity index is 1.61. The molecular formula is C23H29N3O2. The van der Waals surface area contributed by atoms with Crippen LogP contribution in [0.15, 0.2) is 48.5 Å². The zero-order valence-corrected chi connectivity index (χ0v) is 16.9. The number of nitrogens with zero attached hydrogens (tertiary/aromatic N) is 1. The number of hydrogen-bond donors (Lipinski definition) is 2. The first-order valence-electron chi connectivity index (χ1n) is 9.92. The van der Waals surface area contributed by atoms with Crippen molar-refractivity contribution in [2.45, 2.75) is 39.7 Å². The molecule has 2 amide bonds. The van der Waals surface area contributed by atoms with E-state index in [1.165, 1.54) is 0 Å². The van der Waals surface area contributed by atoms with E-state index < -0.39 is 0 Å². The van der Waals surface area contributed by atoms with Gasteiger partial charge in [0.1, 0.15) is 0 Å². The molecule has 0 unspecified atom stereocenters. The molecule has 0 aliphatic carbocycles. The molecule has 2 aromatic carbocycles. The number of aryl methyl sites for hydroxylation is 2. The molecule has 5 heteroatoms. The van der Waals surface area contributed by atoms with Crippen LogP contribution in [0.3, 0.4) is 0 Å². The second kappa shape index (κ2) is 9.02. The predicted molar refractivity (Wildman–Crippen MR) is 113 cm³/mol. The number of benzene rings is 2. The van der Waals surface area contributed by atoms with Gasteiger partial charge in [-0.25, -0.2) is 0 Å². The molecule has 0 aromatic heterocycles. The Morgan fingerprint density at radius 2 is 1.68 bits per heavy atom. The lowest BCUT2D eigenvalue weighted by Gasteiger charge is -2.35. The van der Waals surface area contributed by atoms with Gasteiger partial charge in [-0.1, -0.05) is 36.4 Å². The van der Waals surface area contributed by atoms with Gasteiger partial charge in [-0.15, -0.1) is 0 Å². The first-order chi connectivity index (χ1) is 13.5. The molecular weight excluding hydrogens is 350 g/mol. The van der Waals surface area contributed by atoms with E-state index in [4.69, 9.17) is 0 Å². The molecule has 0 spiro atoms.